The third kappa shape index (κ3) is 4.32. The van der Waals surface area contributed by atoms with Crippen molar-refractivity contribution in [2.45, 2.75) is 59.5 Å². The standard InChI is InChI=1S/C15H26ClN3O/c1-8-19(9-15(6,7)20)12-10(2)11(16)17-13(18-12)14(3,4)5/h20H,8-9H2,1-7H3. The van der Waals surface area contributed by atoms with E-state index < -0.39 is 5.60 Å². The van der Waals surface area contributed by atoms with Crippen LogP contribution in [0.3, 0.4) is 0 Å². The Bertz CT molecular complexity index is 475. The van der Waals surface area contributed by atoms with Gasteiger partial charge in [0.1, 0.15) is 16.8 Å². The second-order valence-electron chi connectivity index (χ2n) is 6.86. The molecule has 114 valence electrons. The molecule has 0 aliphatic rings. The highest BCUT2D eigenvalue weighted by molar-refractivity contribution is 6.30. The first-order valence-corrected chi connectivity index (χ1v) is 7.35. The third-order valence-electron chi connectivity index (χ3n) is 2.99. The van der Waals surface area contributed by atoms with Crippen molar-refractivity contribution in [3.05, 3.63) is 16.5 Å². The van der Waals surface area contributed by atoms with E-state index in [0.717, 1.165) is 23.8 Å². The first kappa shape index (κ1) is 17.2. The van der Waals surface area contributed by atoms with Crippen LogP contribution in [0.4, 0.5) is 5.82 Å². The summed E-state index contributed by atoms with van der Waals surface area (Å²) in [4.78, 5) is 11.1. The van der Waals surface area contributed by atoms with E-state index in [4.69, 9.17) is 11.6 Å². The van der Waals surface area contributed by atoms with Crippen LogP contribution in [-0.2, 0) is 5.41 Å². The number of aromatic nitrogens is 2. The van der Waals surface area contributed by atoms with E-state index in [0.29, 0.717) is 11.7 Å². The largest absolute Gasteiger partial charge is 0.389 e. The van der Waals surface area contributed by atoms with E-state index in [2.05, 4.69) is 30.7 Å². The second-order valence-corrected chi connectivity index (χ2v) is 7.22. The summed E-state index contributed by atoms with van der Waals surface area (Å²) in [6, 6.07) is 0. The van der Waals surface area contributed by atoms with E-state index in [1.54, 1.807) is 13.8 Å². The molecular formula is C15H26ClN3O. The fourth-order valence-corrected chi connectivity index (χ4v) is 2.09. The number of nitrogens with zero attached hydrogens (tertiary/aromatic N) is 3. The van der Waals surface area contributed by atoms with E-state index >= 15 is 0 Å². The molecule has 0 saturated heterocycles. The maximum absolute atomic E-state index is 10.1. The minimum Gasteiger partial charge on any atom is -0.389 e. The number of hydrogen-bond acceptors (Lipinski definition) is 4. The molecule has 20 heavy (non-hydrogen) atoms. The fourth-order valence-electron chi connectivity index (χ4n) is 1.93. The topological polar surface area (TPSA) is 49.2 Å². The SMILES string of the molecule is CCN(CC(C)(C)O)c1nc(C(C)(C)C)nc(Cl)c1C. The van der Waals surface area contributed by atoms with Gasteiger partial charge in [-0.15, -0.1) is 0 Å². The Morgan fingerprint density at radius 2 is 1.70 bits per heavy atom. The molecule has 1 rings (SSSR count). The molecule has 0 radical (unpaired) electrons. The number of likely N-dealkylation sites (N-methyl/N-ethyl adjacent to an activating group) is 1. The van der Waals surface area contributed by atoms with E-state index in [9.17, 15) is 5.11 Å². The lowest BCUT2D eigenvalue weighted by atomic mass is 9.95. The first-order chi connectivity index (χ1) is 8.95. The maximum atomic E-state index is 10.1. The summed E-state index contributed by atoms with van der Waals surface area (Å²) >= 11 is 6.26. The lowest BCUT2D eigenvalue weighted by Crippen LogP contribution is -2.39. The Labute approximate surface area is 127 Å². The van der Waals surface area contributed by atoms with Crippen LogP contribution in [0, 0.1) is 6.92 Å². The van der Waals surface area contributed by atoms with Crippen molar-refractivity contribution in [3.8, 4) is 0 Å². The van der Waals surface area contributed by atoms with Gasteiger partial charge in [-0.2, -0.15) is 0 Å². The Balaban J connectivity index is 3.31. The molecule has 0 aromatic carbocycles. The van der Waals surface area contributed by atoms with Gasteiger partial charge in [0.15, 0.2) is 0 Å². The van der Waals surface area contributed by atoms with Gasteiger partial charge in [-0.25, -0.2) is 9.97 Å². The van der Waals surface area contributed by atoms with Gasteiger partial charge in [-0.3, -0.25) is 0 Å². The second kappa shape index (κ2) is 5.86. The van der Waals surface area contributed by atoms with Crippen molar-refractivity contribution in [1.82, 2.24) is 9.97 Å². The summed E-state index contributed by atoms with van der Waals surface area (Å²) in [7, 11) is 0. The quantitative estimate of drug-likeness (QED) is 0.866. The van der Waals surface area contributed by atoms with Crippen LogP contribution in [-0.4, -0.2) is 33.8 Å². The minimum absolute atomic E-state index is 0.166. The Morgan fingerprint density at radius 3 is 2.10 bits per heavy atom. The molecule has 0 aliphatic heterocycles. The Kier molecular flexibility index (Phi) is 5.03. The molecule has 1 aromatic rings. The average Bonchev–Trinajstić information content (AvgIpc) is 2.27. The molecule has 0 atom stereocenters. The summed E-state index contributed by atoms with van der Waals surface area (Å²) < 4.78 is 0. The molecule has 0 unspecified atom stereocenters. The third-order valence-corrected chi connectivity index (χ3v) is 3.36. The zero-order chi connectivity index (χ0) is 15.7. The highest BCUT2D eigenvalue weighted by Gasteiger charge is 2.25. The van der Waals surface area contributed by atoms with Gasteiger partial charge in [0.25, 0.3) is 0 Å². The van der Waals surface area contributed by atoms with E-state index in [-0.39, 0.29) is 5.41 Å². The van der Waals surface area contributed by atoms with Crippen molar-refractivity contribution in [3.63, 3.8) is 0 Å². The molecule has 0 fully saturated rings. The van der Waals surface area contributed by atoms with Crippen LogP contribution in [0.15, 0.2) is 0 Å². The number of anilines is 1. The van der Waals surface area contributed by atoms with Crippen LogP contribution in [0.1, 0.15) is 52.9 Å². The highest BCUT2D eigenvalue weighted by Crippen LogP contribution is 2.28. The predicted octanol–water partition coefficient (Wildman–Crippen LogP) is 3.33. The highest BCUT2D eigenvalue weighted by atomic mass is 35.5. The first-order valence-electron chi connectivity index (χ1n) is 6.97. The van der Waals surface area contributed by atoms with Crippen LogP contribution in [0.5, 0.6) is 0 Å². The maximum Gasteiger partial charge on any atom is 0.137 e. The molecular weight excluding hydrogens is 274 g/mol. The smallest absolute Gasteiger partial charge is 0.137 e. The van der Waals surface area contributed by atoms with Gasteiger partial charge < -0.3 is 10.0 Å². The van der Waals surface area contributed by atoms with Crippen LogP contribution in [0.25, 0.3) is 0 Å². The van der Waals surface area contributed by atoms with Gasteiger partial charge in [0.05, 0.1) is 5.60 Å². The zero-order valence-electron chi connectivity index (χ0n) is 13.6. The molecule has 1 heterocycles. The lowest BCUT2D eigenvalue weighted by Gasteiger charge is -2.31. The summed E-state index contributed by atoms with van der Waals surface area (Å²) in [5.74, 6) is 1.52. The molecule has 0 bridgehead atoms. The average molecular weight is 300 g/mol. The lowest BCUT2D eigenvalue weighted by molar-refractivity contribution is 0.0873. The van der Waals surface area contributed by atoms with Gasteiger partial charge in [-0.05, 0) is 27.7 Å². The summed E-state index contributed by atoms with van der Waals surface area (Å²) in [5, 5.41) is 10.5. The normalized spacial score (nSPS) is 12.7. The van der Waals surface area contributed by atoms with Gasteiger partial charge in [-0.1, -0.05) is 32.4 Å². The Hall–Kier alpha value is -0.870. The number of halogens is 1. The van der Waals surface area contributed by atoms with Crippen molar-refractivity contribution in [2.75, 3.05) is 18.0 Å². The van der Waals surface area contributed by atoms with Crippen molar-refractivity contribution < 1.29 is 5.11 Å². The number of aliphatic hydroxyl groups is 1. The van der Waals surface area contributed by atoms with E-state index in [1.165, 1.54) is 0 Å². The molecule has 0 saturated carbocycles. The van der Waals surface area contributed by atoms with Gasteiger partial charge >= 0.3 is 0 Å². The Morgan fingerprint density at radius 1 is 1.15 bits per heavy atom. The fraction of sp³-hybridized carbons (Fsp3) is 0.733. The van der Waals surface area contributed by atoms with Crippen LogP contribution in [0.2, 0.25) is 5.15 Å². The zero-order valence-corrected chi connectivity index (χ0v) is 14.3. The number of rotatable bonds is 4. The molecule has 0 aliphatic carbocycles. The predicted molar refractivity (Wildman–Crippen MR) is 84.7 cm³/mol. The van der Waals surface area contributed by atoms with Crippen molar-refractivity contribution in [2.24, 2.45) is 0 Å². The molecule has 4 nitrogen and oxygen atoms in total. The van der Waals surface area contributed by atoms with Gasteiger partial charge in [0, 0.05) is 24.1 Å². The molecule has 1 N–H and O–H groups in total. The minimum atomic E-state index is -0.790. The summed E-state index contributed by atoms with van der Waals surface area (Å²) in [6.07, 6.45) is 0. The van der Waals surface area contributed by atoms with Crippen molar-refractivity contribution in [1.29, 1.82) is 0 Å². The molecule has 0 amide bonds. The molecule has 1 aromatic heterocycles. The molecule has 5 heteroatoms. The van der Waals surface area contributed by atoms with Crippen LogP contribution >= 0.6 is 11.6 Å². The monoisotopic (exact) mass is 299 g/mol. The molecule has 0 spiro atoms. The van der Waals surface area contributed by atoms with E-state index in [1.807, 2.05) is 18.7 Å². The van der Waals surface area contributed by atoms with Crippen LogP contribution < -0.4 is 4.90 Å². The number of hydrogen-bond donors (Lipinski definition) is 1. The summed E-state index contributed by atoms with van der Waals surface area (Å²) in [5.41, 5.74) is -0.104. The van der Waals surface area contributed by atoms with Gasteiger partial charge in [0.2, 0.25) is 0 Å². The van der Waals surface area contributed by atoms with Crippen molar-refractivity contribution >= 4 is 17.4 Å². The summed E-state index contributed by atoms with van der Waals surface area (Å²) in [6.45, 7) is 15.0.